The van der Waals surface area contributed by atoms with Crippen molar-refractivity contribution in [1.29, 1.82) is 0 Å². The molecule has 0 aliphatic carbocycles. The van der Waals surface area contributed by atoms with Crippen LogP contribution in [0.3, 0.4) is 0 Å². The van der Waals surface area contributed by atoms with Crippen LogP contribution in [-0.4, -0.2) is 15.8 Å². The van der Waals surface area contributed by atoms with E-state index in [9.17, 15) is 9.59 Å². The molecule has 0 aliphatic rings. The maximum Gasteiger partial charge on any atom is 0.257 e. The maximum atomic E-state index is 13.2. The lowest BCUT2D eigenvalue weighted by Gasteiger charge is -2.14. The molecule has 0 spiro atoms. The molecule has 27 heavy (non-hydrogen) atoms. The Hall–Kier alpha value is -3.25. The summed E-state index contributed by atoms with van der Waals surface area (Å²) in [6, 6.07) is 17.9. The summed E-state index contributed by atoms with van der Waals surface area (Å²) in [5, 5.41) is 4.24. The van der Waals surface area contributed by atoms with Crippen LogP contribution in [0, 0.1) is 0 Å². The standard InChI is InChI=1S/C21H14BrN3O2/c22-14-5-7-15(8-6-14)24-20-18(19(26)13-9-11-23-12-10-13)16-3-1-2-4-17(16)21(27)25-20/h1-12H,(H2,24,25,27). The van der Waals surface area contributed by atoms with E-state index in [1.165, 1.54) is 0 Å². The number of aromatic amines is 1. The second-order valence-electron chi connectivity index (χ2n) is 5.95. The van der Waals surface area contributed by atoms with Gasteiger partial charge in [-0.2, -0.15) is 0 Å². The van der Waals surface area contributed by atoms with Crippen molar-refractivity contribution in [1.82, 2.24) is 9.97 Å². The highest BCUT2D eigenvalue weighted by Gasteiger charge is 2.19. The fraction of sp³-hybridized carbons (Fsp3) is 0. The predicted octanol–water partition coefficient (Wildman–Crippen LogP) is 4.66. The largest absolute Gasteiger partial charge is 0.341 e. The third-order valence-corrected chi connectivity index (χ3v) is 4.74. The van der Waals surface area contributed by atoms with E-state index in [1.54, 1.807) is 42.7 Å². The first kappa shape index (κ1) is 17.2. The highest BCUT2D eigenvalue weighted by Crippen LogP contribution is 2.27. The highest BCUT2D eigenvalue weighted by molar-refractivity contribution is 9.10. The van der Waals surface area contributed by atoms with E-state index in [2.05, 4.69) is 31.2 Å². The van der Waals surface area contributed by atoms with Gasteiger partial charge in [0.05, 0.1) is 5.56 Å². The molecule has 2 aromatic carbocycles. The number of benzene rings is 2. The number of ketones is 1. The summed E-state index contributed by atoms with van der Waals surface area (Å²) in [7, 11) is 0. The van der Waals surface area contributed by atoms with Gasteiger partial charge >= 0.3 is 0 Å². The summed E-state index contributed by atoms with van der Waals surface area (Å²) < 4.78 is 0.938. The van der Waals surface area contributed by atoms with Gasteiger partial charge in [0.1, 0.15) is 5.82 Å². The number of halogens is 1. The average molecular weight is 420 g/mol. The van der Waals surface area contributed by atoms with Crippen LogP contribution in [0.25, 0.3) is 10.8 Å². The molecule has 0 saturated heterocycles. The quantitative estimate of drug-likeness (QED) is 0.471. The van der Waals surface area contributed by atoms with Crippen LogP contribution in [0.2, 0.25) is 0 Å². The van der Waals surface area contributed by atoms with Crippen LogP contribution in [-0.2, 0) is 0 Å². The number of pyridine rings is 2. The molecule has 0 atom stereocenters. The molecule has 4 aromatic rings. The normalized spacial score (nSPS) is 10.7. The first-order chi connectivity index (χ1) is 13.1. The number of H-pyrrole nitrogens is 1. The highest BCUT2D eigenvalue weighted by atomic mass is 79.9. The average Bonchev–Trinajstić information content (AvgIpc) is 2.70. The number of aromatic nitrogens is 2. The third kappa shape index (κ3) is 3.39. The van der Waals surface area contributed by atoms with Crippen LogP contribution in [0.15, 0.2) is 82.3 Å². The molecule has 2 N–H and O–H groups in total. The molecule has 132 valence electrons. The number of hydrogen-bond donors (Lipinski definition) is 2. The number of carbonyl (C=O) groups is 1. The maximum absolute atomic E-state index is 13.2. The van der Waals surface area contributed by atoms with Crippen molar-refractivity contribution in [3.05, 3.63) is 99.0 Å². The molecule has 0 aliphatic heterocycles. The summed E-state index contributed by atoms with van der Waals surface area (Å²) in [4.78, 5) is 32.6. The van der Waals surface area contributed by atoms with Crippen LogP contribution in [0.4, 0.5) is 11.5 Å². The lowest BCUT2D eigenvalue weighted by Crippen LogP contribution is -2.16. The molecule has 0 bridgehead atoms. The van der Waals surface area contributed by atoms with Gasteiger partial charge in [-0.1, -0.05) is 34.1 Å². The van der Waals surface area contributed by atoms with Crippen molar-refractivity contribution in [3.8, 4) is 0 Å². The predicted molar refractivity (Wildman–Crippen MR) is 110 cm³/mol. The zero-order valence-electron chi connectivity index (χ0n) is 14.1. The number of fused-ring (bicyclic) bond motifs is 1. The number of carbonyl (C=O) groups excluding carboxylic acids is 1. The van der Waals surface area contributed by atoms with Crippen LogP contribution in [0.5, 0.6) is 0 Å². The van der Waals surface area contributed by atoms with E-state index in [4.69, 9.17) is 0 Å². The fourth-order valence-electron chi connectivity index (χ4n) is 2.93. The minimum absolute atomic E-state index is 0.190. The zero-order chi connectivity index (χ0) is 18.8. The van der Waals surface area contributed by atoms with Gasteiger partial charge < -0.3 is 10.3 Å². The van der Waals surface area contributed by atoms with Crippen molar-refractivity contribution in [2.45, 2.75) is 0 Å². The van der Waals surface area contributed by atoms with Gasteiger partial charge in [-0.15, -0.1) is 0 Å². The molecular weight excluding hydrogens is 406 g/mol. The molecule has 5 nitrogen and oxygen atoms in total. The summed E-state index contributed by atoms with van der Waals surface area (Å²) in [5.41, 5.74) is 1.42. The second-order valence-corrected chi connectivity index (χ2v) is 6.86. The molecule has 6 heteroatoms. The van der Waals surface area contributed by atoms with Crippen molar-refractivity contribution in [2.75, 3.05) is 5.32 Å². The molecule has 0 saturated carbocycles. The van der Waals surface area contributed by atoms with E-state index in [0.717, 1.165) is 10.2 Å². The topological polar surface area (TPSA) is 74.8 Å². The summed E-state index contributed by atoms with van der Waals surface area (Å²) in [6.07, 6.45) is 3.14. The lowest BCUT2D eigenvalue weighted by molar-refractivity contribution is 0.104. The van der Waals surface area contributed by atoms with E-state index < -0.39 is 0 Å². The van der Waals surface area contributed by atoms with Gasteiger partial charge in [-0.25, -0.2) is 0 Å². The molecular formula is C21H14BrN3O2. The number of anilines is 2. The van der Waals surface area contributed by atoms with Gasteiger partial charge in [0.25, 0.3) is 5.56 Å². The van der Waals surface area contributed by atoms with Crippen LogP contribution in [0.1, 0.15) is 15.9 Å². The van der Waals surface area contributed by atoms with Gasteiger partial charge in [-0.05, 0) is 42.5 Å². The molecule has 2 aromatic heterocycles. The first-order valence-corrected chi connectivity index (χ1v) is 9.05. The molecule has 4 rings (SSSR count). The Labute approximate surface area is 163 Å². The van der Waals surface area contributed by atoms with Gasteiger partial charge in [-0.3, -0.25) is 14.6 Å². The van der Waals surface area contributed by atoms with Crippen LogP contribution < -0.4 is 10.9 Å². The monoisotopic (exact) mass is 419 g/mol. The van der Waals surface area contributed by atoms with Crippen molar-refractivity contribution in [3.63, 3.8) is 0 Å². The second kappa shape index (κ2) is 7.17. The summed E-state index contributed by atoms with van der Waals surface area (Å²) in [5.74, 6) is 0.173. The molecule has 0 radical (unpaired) electrons. The van der Waals surface area contributed by atoms with Gasteiger partial charge in [0.15, 0.2) is 5.78 Å². The Balaban J connectivity index is 1.93. The van der Waals surface area contributed by atoms with Gasteiger partial charge in [0, 0.05) is 38.9 Å². The smallest absolute Gasteiger partial charge is 0.257 e. The van der Waals surface area contributed by atoms with E-state index in [-0.39, 0.29) is 11.3 Å². The number of nitrogens with one attached hydrogen (secondary N) is 2. The fourth-order valence-corrected chi connectivity index (χ4v) is 3.20. The Morgan fingerprint density at radius 2 is 1.59 bits per heavy atom. The Morgan fingerprint density at radius 3 is 2.30 bits per heavy atom. The van der Waals surface area contributed by atoms with E-state index in [0.29, 0.717) is 27.7 Å². The third-order valence-electron chi connectivity index (χ3n) is 4.21. The summed E-state index contributed by atoms with van der Waals surface area (Å²) >= 11 is 3.40. The Morgan fingerprint density at radius 1 is 0.926 bits per heavy atom. The number of rotatable bonds is 4. The van der Waals surface area contributed by atoms with Crippen LogP contribution >= 0.6 is 15.9 Å². The molecule has 2 heterocycles. The zero-order valence-corrected chi connectivity index (χ0v) is 15.7. The SMILES string of the molecule is O=C(c1ccncc1)c1c(Nc2ccc(Br)cc2)[nH]c(=O)c2ccccc12. The van der Waals surface area contributed by atoms with Gasteiger partial charge in [0.2, 0.25) is 0 Å². The van der Waals surface area contributed by atoms with Crippen molar-refractivity contribution in [2.24, 2.45) is 0 Å². The first-order valence-electron chi connectivity index (χ1n) is 8.26. The summed E-state index contributed by atoms with van der Waals surface area (Å²) in [6.45, 7) is 0. The van der Waals surface area contributed by atoms with Crippen molar-refractivity contribution >= 4 is 44.0 Å². The number of nitrogens with zero attached hydrogens (tertiary/aromatic N) is 1. The van der Waals surface area contributed by atoms with E-state index in [1.807, 2.05) is 30.3 Å². The minimum atomic E-state index is -0.253. The number of hydrogen-bond acceptors (Lipinski definition) is 4. The molecule has 0 fully saturated rings. The minimum Gasteiger partial charge on any atom is -0.341 e. The molecule has 0 unspecified atom stereocenters. The lowest BCUT2D eigenvalue weighted by atomic mass is 9.98. The van der Waals surface area contributed by atoms with E-state index >= 15 is 0 Å². The Kier molecular flexibility index (Phi) is 4.56. The Bertz CT molecular complexity index is 1190. The molecule has 0 amide bonds. The van der Waals surface area contributed by atoms with Crippen molar-refractivity contribution < 1.29 is 4.79 Å².